The molecule has 0 unspecified atom stereocenters. The van der Waals surface area contributed by atoms with Crippen LogP contribution in [0, 0.1) is 12.7 Å². The molecule has 0 spiro atoms. The van der Waals surface area contributed by atoms with E-state index in [2.05, 4.69) is 13.5 Å². The molecule has 0 aliphatic carbocycles. The molecule has 116 valence electrons. The van der Waals surface area contributed by atoms with Gasteiger partial charge in [0.15, 0.2) is 0 Å². The van der Waals surface area contributed by atoms with Gasteiger partial charge in [0.2, 0.25) is 0 Å². The number of halogens is 1. The van der Waals surface area contributed by atoms with Crippen LogP contribution in [0.4, 0.5) is 4.39 Å². The second-order valence-electron chi connectivity index (χ2n) is 5.31. The number of nitrogens with two attached hydrogens (primary N) is 1. The summed E-state index contributed by atoms with van der Waals surface area (Å²) in [6.45, 7) is 8.30. The van der Waals surface area contributed by atoms with Crippen molar-refractivity contribution < 1.29 is 9.18 Å². The number of nitrogens with zero attached hydrogens (tertiary/aromatic N) is 1. The number of amides is 1. The molecule has 0 fully saturated rings. The minimum absolute atomic E-state index is 0.329. The summed E-state index contributed by atoms with van der Waals surface area (Å²) >= 11 is 0. The average molecular weight is 300 g/mol. The Morgan fingerprint density at radius 2 is 2.18 bits per heavy atom. The van der Waals surface area contributed by atoms with Crippen molar-refractivity contribution in [2.45, 2.75) is 33.2 Å². The second kappa shape index (κ2) is 6.60. The third kappa shape index (κ3) is 2.82. The smallest absolute Gasteiger partial charge is 0.251 e. The molecule has 0 aliphatic rings. The van der Waals surface area contributed by atoms with Gasteiger partial charge in [-0.2, -0.15) is 0 Å². The molecule has 4 heteroatoms. The molecular weight excluding hydrogens is 279 g/mol. The Morgan fingerprint density at radius 3 is 2.73 bits per heavy atom. The minimum atomic E-state index is -0.489. The van der Waals surface area contributed by atoms with Gasteiger partial charge in [-0.3, -0.25) is 4.79 Å². The maximum atomic E-state index is 13.6. The lowest BCUT2D eigenvalue weighted by atomic mass is 9.98. The molecule has 0 atom stereocenters. The van der Waals surface area contributed by atoms with Gasteiger partial charge in [0.05, 0.1) is 5.56 Å². The molecule has 0 bridgehead atoms. The number of benzene rings is 1. The molecule has 2 aromatic rings. The number of allylic oxidation sites excluding steroid dienone is 1. The van der Waals surface area contributed by atoms with E-state index in [4.69, 9.17) is 5.73 Å². The summed E-state index contributed by atoms with van der Waals surface area (Å²) in [5.41, 5.74) is 9.29. The largest absolute Gasteiger partial charge is 0.366 e. The van der Waals surface area contributed by atoms with Gasteiger partial charge in [-0.25, -0.2) is 4.39 Å². The maximum Gasteiger partial charge on any atom is 0.251 e. The highest BCUT2D eigenvalue weighted by atomic mass is 19.1. The van der Waals surface area contributed by atoms with Crippen LogP contribution in [0.2, 0.25) is 0 Å². The maximum absolute atomic E-state index is 13.6. The van der Waals surface area contributed by atoms with Crippen molar-refractivity contribution in [2.75, 3.05) is 0 Å². The predicted molar refractivity (Wildman–Crippen MR) is 87.3 cm³/mol. The molecule has 3 nitrogen and oxygen atoms in total. The third-order valence-electron chi connectivity index (χ3n) is 3.79. The summed E-state index contributed by atoms with van der Waals surface area (Å²) in [5.74, 6) is -0.818. The van der Waals surface area contributed by atoms with Gasteiger partial charge in [-0.15, -0.1) is 6.58 Å². The van der Waals surface area contributed by atoms with Crippen molar-refractivity contribution in [3.05, 3.63) is 59.7 Å². The van der Waals surface area contributed by atoms with Crippen LogP contribution in [0.15, 0.2) is 36.9 Å². The van der Waals surface area contributed by atoms with Crippen LogP contribution in [-0.4, -0.2) is 10.5 Å². The molecule has 1 aromatic carbocycles. The molecule has 0 saturated carbocycles. The van der Waals surface area contributed by atoms with E-state index in [1.807, 2.05) is 17.6 Å². The van der Waals surface area contributed by atoms with Gasteiger partial charge in [0.25, 0.3) is 5.91 Å². The topological polar surface area (TPSA) is 48.0 Å². The van der Waals surface area contributed by atoms with Crippen LogP contribution in [-0.2, 0) is 13.0 Å². The number of carbonyl (C=O) groups is 1. The fourth-order valence-corrected chi connectivity index (χ4v) is 2.93. The van der Waals surface area contributed by atoms with E-state index in [1.54, 1.807) is 12.1 Å². The van der Waals surface area contributed by atoms with Crippen LogP contribution >= 0.6 is 0 Å². The first-order valence-electron chi connectivity index (χ1n) is 7.39. The van der Waals surface area contributed by atoms with Crippen LogP contribution in [0.1, 0.15) is 35.1 Å². The predicted octanol–water partition coefficient (Wildman–Crippen LogP) is 3.84. The molecule has 1 amide bonds. The van der Waals surface area contributed by atoms with Crippen LogP contribution < -0.4 is 5.73 Å². The Kier molecular flexibility index (Phi) is 4.81. The Balaban J connectivity index is 2.81. The zero-order valence-corrected chi connectivity index (χ0v) is 13.0. The SMILES string of the molecule is C=CCn1c(C)c(C(N)=O)c(-c2cccc(F)c2)c1CCC. The Hall–Kier alpha value is -2.36. The summed E-state index contributed by atoms with van der Waals surface area (Å²) < 4.78 is 15.7. The normalized spacial score (nSPS) is 10.7. The summed E-state index contributed by atoms with van der Waals surface area (Å²) in [4.78, 5) is 12.0. The van der Waals surface area contributed by atoms with E-state index < -0.39 is 5.91 Å². The van der Waals surface area contributed by atoms with Gasteiger partial charge < -0.3 is 10.3 Å². The zero-order chi connectivity index (χ0) is 16.3. The molecule has 0 aliphatic heterocycles. The lowest BCUT2D eigenvalue weighted by molar-refractivity contribution is 0.1000. The number of hydrogen-bond acceptors (Lipinski definition) is 1. The van der Waals surface area contributed by atoms with Gasteiger partial charge in [0.1, 0.15) is 5.82 Å². The van der Waals surface area contributed by atoms with Gasteiger partial charge >= 0.3 is 0 Å². The molecule has 1 heterocycles. The van der Waals surface area contributed by atoms with E-state index >= 15 is 0 Å². The van der Waals surface area contributed by atoms with Crippen molar-refractivity contribution in [1.29, 1.82) is 0 Å². The Morgan fingerprint density at radius 1 is 1.45 bits per heavy atom. The van der Waals surface area contributed by atoms with Gasteiger partial charge in [-0.05, 0) is 31.0 Å². The van der Waals surface area contributed by atoms with E-state index in [1.165, 1.54) is 12.1 Å². The quantitative estimate of drug-likeness (QED) is 0.810. The fraction of sp³-hybridized carbons (Fsp3) is 0.278. The molecular formula is C18H21FN2O. The first-order valence-corrected chi connectivity index (χ1v) is 7.39. The number of rotatable bonds is 6. The molecule has 1 aromatic heterocycles. The van der Waals surface area contributed by atoms with E-state index in [-0.39, 0.29) is 5.82 Å². The summed E-state index contributed by atoms with van der Waals surface area (Å²) in [5, 5.41) is 0. The molecule has 0 saturated heterocycles. The first kappa shape index (κ1) is 16.0. The van der Waals surface area contributed by atoms with E-state index in [0.717, 1.165) is 29.8 Å². The summed E-state index contributed by atoms with van der Waals surface area (Å²) in [6, 6.07) is 6.28. The summed E-state index contributed by atoms with van der Waals surface area (Å²) in [6.07, 6.45) is 3.49. The van der Waals surface area contributed by atoms with E-state index in [9.17, 15) is 9.18 Å². The standard InChI is InChI=1S/C18H21FN2O/c1-4-7-15-17(13-8-6-9-14(19)11-13)16(18(20)22)12(3)21(15)10-5-2/h5-6,8-9,11H,2,4,7,10H2,1,3H3,(H2,20,22). The lowest BCUT2D eigenvalue weighted by Crippen LogP contribution is -2.13. The van der Waals surface area contributed by atoms with Crippen molar-refractivity contribution in [3.8, 4) is 11.1 Å². The van der Waals surface area contributed by atoms with Crippen molar-refractivity contribution in [2.24, 2.45) is 5.73 Å². The molecule has 2 N–H and O–H groups in total. The lowest BCUT2D eigenvalue weighted by Gasteiger charge is -2.10. The number of carbonyl (C=O) groups excluding carboxylic acids is 1. The number of hydrogen-bond donors (Lipinski definition) is 1. The van der Waals surface area contributed by atoms with E-state index in [0.29, 0.717) is 17.7 Å². The fourth-order valence-electron chi connectivity index (χ4n) is 2.93. The molecule has 0 radical (unpaired) electrons. The Bertz CT molecular complexity index is 716. The van der Waals surface area contributed by atoms with Crippen LogP contribution in [0.25, 0.3) is 11.1 Å². The van der Waals surface area contributed by atoms with Gasteiger partial charge in [0, 0.05) is 23.5 Å². The highest BCUT2D eigenvalue weighted by molar-refractivity contribution is 6.02. The number of aromatic nitrogens is 1. The highest BCUT2D eigenvalue weighted by Crippen LogP contribution is 2.34. The second-order valence-corrected chi connectivity index (χ2v) is 5.31. The molecule has 22 heavy (non-hydrogen) atoms. The third-order valence-corrected chi connectivity index (χ3v) is 3.79. The zero-order valence-electron chi connectivity index (χ0n) is 13.0. The van der Waals surface area contributed by atoms with Crippen molar-refractivity contribution in [1.82, 2.24) is 4.57 Å². The molecule has 2 rings (SSSR count). The van der Waals surface area contributed by atoms with Crippen molar-refractivity contribution in [3.63, 3.8) is 0 Å². The Labute approximate surface area is 130 Å². The van der Waals surface area contributed by atoms with Crippen LogP contribution in [0.3, 0.4) is 0 Å². The first-order chi connectivity index (χ1) is 10.5. The minimum Gasteiger partial charge on any atom is -0.366 e. The van der Waals surface area contributed by atoms with Crippen molar-refractivity contribution >= 4 is 5.91 Å². The summed E-state index contributed by atoms with van der Waals surface area (Å²) in [7, 11) is 0. The van der Waals surface area contributed by atoms with Crippen LogP contribution in [0.5, 0.6) is 0 Å². The van der Waals surface area contributed by atoms with Gasteiger partial charge in [-0.1, -0.05) is 31.6 Å². The highest BCUT2D eigenvalue weighted by Gasteiger charge is 2.23. The number of primary amides is 1. The average Bonchev–Trinajstić information content (AvgIpc) is 2.73. The monoisotopic (exact) mass is 300 g/mol.